The Morgan fingerprint density at radius 3 is 2.75 bits per heavy atom. The predicted molar refractivity (Wildman–Crippen MR) is 59.3 cm³/mol. The van der Waals surface area contributed by atoms with Crippen LogP contribution in [0.4, 0.5) is 8.78 Å². The molecule has 0 saturated carbocycles. The minimum Gasteiger partial charge on any atom is -0.377 e. The molecule has 0 aliphatic heterocycles. The molecule has 16 heavy (non-hydrogen) atoms. The van der Waals surface area contributed by atoms with Crippen molar-refractivity contribution in [1.82, 2.24) is 0 Å². The number of ether oxygens (including phenoxy) is 1. The monoisotopic (exact) mass is 292 g/mol. The standard InChI is InChI=1S/C11H11BrF2O2/c1-16-6-7(15)2-3-8-10(13)5-4-9(12)11(8)14/h4-5H,2-3,6H2,1H3. The molecule has 1 aromatic rings. The summed E-state index contributed by atoms with van der Waals surface area (Å²) in [6.45, 7) is -0.0305. The minimum atomic E-state index is -0.648. The van der Waals surface area contributed by atoms with Crippen LogP contribution in [0.3, 0.4) is 0 Å². The lowest BCUT2D eigenvalue weighted by molar-refractivity contribution is -0.122. The second-order valence-corrected chi connectivity index (χ2v) is 4.15. The highest BCUT2D eigenvalue weighted by Crippen LogP contribution is 2.22. The van der Waals surface area contributed by atoms with E-state index in [0.29, 0.717) is 0 Å². The van der Waals surface area contributed by atoms with Crippen LogP contribution in [0.1, 0.15) is 12.0 Å². The van der Waals surface area contributed by atoms with Gasteiger partial charge >= 0.3 is 0 Å². The normalized spacial score (nSPS) is 10.5. The number of halogens is 3. The fraction of sp³-hybridized carbons (Fsp3) is 0.364. The van der Waals surface area contributed by atoms with E-state index in [1.54, 1.807) is 0 Å². The van der Waals surface area contributed by atoms with Crippen molar-refractivity contribution in [3.63, 3.8) is 0 Å². The molecule has 0 aliphatic carbocycles. The Balaban J connectivity index is 2.74. The maximum Gasteiger partial charge on any atom is 0.158 e. The van der Waals surface area contributed by atoms with Crippen molar-refractivity contribution in [3.8, 4) is 0 Å². The Labute approximate surface area is 101 Å². The molecule has 0 amide bonds. The third kappa shape index (κ3) is 3.35. The van der Waals surface area contributed by atoms with Crippen LogP contribution >= 0.6 is 15.9 Å². The largest absolute Gasteiger partial charge is 0.377 e. The Morgan fingerprint density at radius 2 is 2.12 bits per heavy atom. The summed E-state index contributed by atoms with van der Waals surface area (Å²) in [6.07, 6.45) is 0.109. The topological polar surface area (TPSA) is 26.3 Å². The van der Waals surface area contributed by atoms with Crippen LogP contribution in [0.5, 0.6) is 0 Å². The van der Waals surface area contributed by atoms with Crippen LogP contribution in [0.2, 0.25) is 0 Å². The van der Waals surface area contributed by atoms with Gasteiger partial charge in [-0.15, -0.1) is 0 Å². The predicted octanol–water partition coefficient (Wildman–Crippen LogP) is 2.88. The molecule has 5 heteroatoms. The van der Waals surface area contributed by atoms with Crippen molar-refractivity contribution in [2.24, 2.45) is 0 Å². The fourth-order valence-corrected chi connectivity index (χ4v) is 1.67. The zero-order valence-electron chi connectivity index (χ0n) is 8.73. The Bertz CT molecular complexity index is 394. The van der Waals surface area contributed by atoms with Gasteiger partial charge in [0.15, 0.2) is 5.78 Å². The third-order valence-electron chi connectivity index (χ3n) is 2.10. The van der Waals surface area contributed by atoms with Crippen LogP contribution in [0.25, 0.3) is 0 Å². The molecular weight excluding hydrogens is 282 g/mol. The highest BCUT2D eigenvalue weighted by Gasteiger charge is 2.13. The number of hydrogen-bond donors (Lipinski definition) is 0. The Kier molecular flexibility index (Phi) is 5.02. The molecule has 0 atom stereocenters. The first-order valence-corrected chi connectivity index (χ1v) is 5.48. The molecule has 0 bridgehead atoms. The molecule has 0 saturated heterocycles. The van der Waals surface area contributed by atoms with Gasteiger partial charge in [0.1, 0.15) is 18.2 Å². The Hall–Kier alpha value is -0.810. The van der Waals surface area contributed by atoms with Gasteiger partial charge < -0.3 is 4.74 Å². The first-order chi connectivity index (χ1) is 7.56. The van der Waals surface area contributed by atoms with Crippen LogP contribution < -0.4 is 0 Å². The molecule has 0 radical (unpaired) electrons. The number of hydrogen-bond acceptors (Lipinski definition) is 2. The minimum absolute atomic E-state index is 0.0305. The van der Waals surface area contributed by atoms with Crippen LogP contribution in [0, 0.1) is 11.6 Å². The van der Waals surface area contributed by atoms with E-state index >= 15 is 0 Å². The van der Waals surface area contributed by atoms with E-state index in [0.717, 1.165) is 0 Å². The first kappa shape index (κ1) is 13.3. The number of benzene rings is 1. The second-order valence-electron chi connectivity index (χ2n) is 3.29. The van der Waals surface area contributed by atoms with Crippen molar-refractivity contribution >= 4 is 21.7 Å². The number of methoxy groups -OCH3 is 1. The molecular formula is C11H11BrF2O2. The summed E-state index contributed by atoms with van der Waals surface area (Å²) in [4.78, 5) is 11.1. The molecule has 0 aliphatic rings. The van der Waals surface area contributed by atoms with E-state index in [-0.39, 0.29) is 35.3 Å². The molecule has 0 N–H and O–H groups in total. The summed E-state index contributed by atoms with van der Waals surface area (Å²) in [5.41, 5.74) is -0.0705. The van der Waals surface area contributed by atoms with E-state index in [1.165, 1.54) is 19.2 Å². The van der Waals surface area contributed by atoms with Crippen molar-refractivity contribution in [1.29, 1.82) is 0 Å². The van der Waals surface area contributed by atoms with Crippen LogP contribution in [-0.4, -0.2) is 19.5 Å². The van der Waals surface area contributed by atoms with Gasteiger partial charge in [-0.3, -0.25) is 4.79 Å². The summed E-state index contributed by atoms with van der Waals surface area (Å²) in [6, 6.07) is 2.47. The quantitative estimate of drug-likeness (QED) is 0.780. The zero-order chi connectivity index (χ0) is 12.1. The van der Waals surface area contributed by atoms with Gasteiger partial charge in [0.25, 0.3) is 0 Å². The molecule has 88 valence electrons. The van der Waals surface area contributed by atoms with Gasteiger partial charge in [-0.1, -0.05) is 0 Å². The lowest BCUT2D eigenvalue weighted by Gasteiger charge is -2.05. The summed E-state index contributed by atoms with van der Waals surface area (Å²) in [5.74, 6) is -1.46. The maximum absolute atomic E-state index is 13.5. The maximum atomic E-state index is 13.5. The SMILES string of the molecule is COCC(=O)CCc1c(F)ccc(Br)c1F. The van der Waals surface area contributed by atoms with Gasteiger partial charge in [0.05, 0.1) is 4.47 Å². The smallest absolute Gasteiger partial charge is 0.158 e. The molecule has 0 heterocycles. The van der Waals surface area contributed by atoms with E-state index in [1.807, 2.05) is 0 Å². The Morgan fingerprint density at radius 1 is 1.44 bits per heavy atom. The number of ketones is 1. The fourth-order valence-electron chi connectivity index (χ4n) is 1.30. The van der Waals surface area contributed by atoms with Gasteiger partial charge in [-0.25, -0.2) is 8.78 Å². The summed E-state index contributed by atoms with van der Waals surface area (Å²) in [5, 5.41) is 0. The average molecular weight is 293 g/mol. The van der Waals surface area contributed by atoms with Gasteiger partial charge in [-0.05, 0) is 34.5 Å². The number of Topliss-reactive ketones (excluding diaryl/α,β-unsaturated/α-hetero) is 1. The molecule has 0 unspecified atom stereocenters. The molecule has 0 aromatic heterocycles. The second kappa shape index (κ2) is 6.06. The van der Waals surface area contributed by atoms with E-state index in [4.69, 9.17) is 0 Å². The van der Waals surface area contributed by atoms with Gasteiger partial charge in [0, 0.05) is 19.1 Å². The highest BCUT2D eigenvalue weighted by atomic mass is 79.9. The number of rotatable bonds is 5. The molecule has 1 aromatic carbocycles. The van der Waals surface area contributed by atoms with Crippen molar-refractivity contribution in [2.45, 2.75) is 12.8 Å². The van der Waals surface area contributed by atoms with E-state index in [2.05, 4.69) is 20.7 Å². The summed E-state index contributed by atoms with van der Waals surface area (Å²) < 4.78 is 31.6. The van der Waals surface area contributed by atoms with Gasteiger partial charge in [0.2, 0.25) is 0 Å². The van der Waals surface area contributed by atoms with E-state index in [9.17, 15) is 13.6 Å². The molecule has 0 fully saturated rings. The third-order valence-corrected chi connectivity index (χ3v) is 2.71. The highest BCUT2D eigenvalue weighted by molar-refractivity contribution is 9.10. The number of carbonyl (C=O) groups is 1. The van der Waals surface area contributed by atoms with Crippen LogP contribution in [0.15, 0.2) is 16.6 Å². The zero-order valence-corrected chi connectivity index (χ0v) is 10.3. The first-order valence-electron chi connectivity index (χ1n) is 4.69. The molecule has 0 spiro atoms. The lowest BCUT2D eigenvalue weighted by Crippen LogP contribution is -2.09. The lowest BCUT2D eigenvalue weighted by atomic mass is 10.1. The number of carbonyl (C=O) groups excluding carboxylic acids is 1. The summed E-state index contributed by atoms with van der Waals surface area (Å²) >= 11 is 2.97. The van der Waals surface area contributed by atoms with E-state index < -0.39 is 11.6 Å². The van der Waals surface area contributed by atoms with Crippen molar-refractivity contribution in [3.05, 3.63) is 33.8 Å². The van der Waals surface area contributed by atoms with Crippen LogP contribution in [-0.2, 0) is 16.0 Å². The van der Waals surface area contributed by atoms with Crippen molar-refractivity contribution in [2.75, 3.05) is 13.7 Å². The molecule has 1 rings (SSSR count). The van der Waals surface area contributed by atoms with Crippen molar-refractivity contribution < 1.29 is 18.3 Å². The molecule has 2 nitrogen and oxygen atoms in total. The van der Waals surface area contributed by atoms with Gasteiger partial charge in [-0.2, -0.15) is 0 Å². The average Bonchev–Trinajstić information content (AvgIpc) is 2.24. The summed E-state index contributed by atoms with van der Waals surface area (Å²) in [7, 11) is 1.40.